The molecule has 4 rings (SSSR count). The number of benzene rings is 2. The molecule has 136 valence electrons. The van der Waals surface area contributed by atoms with Crippen LogP contribution in [0.3, 0.4) is 0 Å². The highest BCUT2D eigenvalue weighted by atomic mass is 16.2. The van der Waals surface area contributed by atoms with Gasteiger partial charge in [-0.3, -0.25) is 14.2 Å². The van der Waals surface area contributed by atoms with E-state index in [4.69, 9.17) is 0 Å². The van der Waals surface area contributed by atoms with Crippen LogP contribution in [0.4, 0.5) is 0 Å². The molecule has 1 fully saturated rings. The maximum absolute atomic E-state index is 12.9. The van der Waals surface area contributed by atoms with Crippen LogP contribution >= 0.6 is 0 Å². The molecule has 1 atom stereocenters. The van der Waals surface area contributed by atoms with E-state index >= 15 is 0 Å². The molecule has 6 nitrogen and oxygen atoms in total. The van der Waals surface area contributed by atoms with E-state index in [0.717, 1.165) is 24.1 Å². The predicted octanol–water partition coefficient (Wildman–Crippen LogP) is 3.00. The van der Waals surface area contributed by atoms with E-state index in [1.54, 1.807) is 34.3 Å². The number of rotatable bonds is 4. The molecule has 0 unspecified atom stereocenters. The molecule has 2 heterocycles. The van der Waals surface area contributed by atoms with Gasteiger partial charge >= 0.3 is 0 Å². The number of likely N-dealkylation sites (tertiary alicyclic amines) is 1. The first-order valence-electron chi connectivity index (χ1n) is 9.06. The molecule has 3 aromatic rings. The largest absolute Gasteiger partial charge is 0.338 e. The minimum atomic E-state index is -0.138. The lowest BCUT2D eigenvalue weighted by molar-refractivity contribution is 0.0637. The number of hydrogen-bond acceptors (Lipinski definition) is 4. The Hall–Kier alpha value is -3.28. The van der Waals surface area contributed by atoms with Crippen LogP contribution in [0.25, 0.3) is 5.69 Å². The second-order valence-electron chi connectivity index (χ2n) is 6.74. The van der Waals surface area contributed by atoms with E-state index in [1.807, 2.05) is 42.5 Å². The molecule has 0 N–H and O–H groups in total. The Morgan fingerprint density at radius 3 is 2.30 bits per heavy atom. The highest BCUT2D eigenvalue weighted by molar-refractivity contribution is 5.99. The maximum atomic E-state index is 12.9. The van der Waals surface area contributed by atoms with Crippen molar-refractivity contribution >= 4 is 11.7 Å². The SMILES string of the molecule is O=C(c1ccccc1)[C@H]1CCCN(C(=O)c2ccc(-n3cnnc3)cc2)C1. The maximum Gasteiger partial charge on any atom is 0.253 e. The molecule has 27 heavy (non-hydrogen) atoms. The summed E-state index contributed by atoms with van der Waals surface area (Å²) < 4.78 is 1.78. The van der Waals surface area contributed by atoms with Crippen LogP contribution in [-0.2, 0) is 0 Å². The van der Waals surface area contributed by atoms with E-state index in [-0.39, 0.29) is 17.6 Å². The van der Waals surface area contributed by atoms with E-state index in [0.29, 0.717) is 18.7 Å². The number of carbonyl (C=O) groups is 2. The molecule has 1 aliphatic heterocycles. The minimum Gasteiger partial charge on any atom is -0.338 e. The lowest BCUT2D eigenvalue weighted by Crippen LogP contribution is -2.42. The van der Waals surface area contributed by atoms with Crippen LogP contribution in [0.15, 0.2) is 67.3 Å². The second kappa shape index (κ2) is 7.53. The Labute approximate surface area is 157 Å². The van der Waals surface area contributed by atoms with Gasteiger partial charge in [0.25, 0.3) is 5.91 Å². The molecule has 0 spiro atoms. The van der Waals surface area contributed by atoms with Gasteiger partial charge in [-0.25, -0.2) is 0 Å². The summed E-state index contributed by atoms with van der Waals surface area (Å²) in [6.45, 7) is 1.16. The van der Waals surface area contributed by atoms with Crippen molar-refractivity contribution in [2.24, 2.45) is 5.92 Å². The molecule has 1 amide bonds. The third-order valence-corrected chi connectivity index (χ3v) is 4.97. The molecule has 1 aromatic heterocycles. The van der Waals surface area contributed by atoms with Crippen LogP contribution in [0, 0.1) is 5.92 Å². The van der Waals surface area contributed by atoms with Crippen molar-refractivity contribution < 1.29 is 9.59 Å². The van der Waals surface area contributed by atoms with Crippen molar-refractivity contribution in [3.05, 3.63) is 78.4 Å². The van der Waals surface area contributed by atoms with Gasteiger partial charge in [0, 0.05) is 35.8 Å². The Morgan fingerprint density at radius 2 is 1.59 bits per heavy atom. The van der Waals surface area contributed by atoms with Gasteiger partial charge in [-0.05, 0) is 37.1 Å². The summed E-state index contributed by atoms with van der Waals surface area (Å²) in [5.41, 5.74) is 2.24. The Morgan fingerprint density at radius 1 is 0.889 bits per heavy atom. The first-order chi connectivity index (χ1) is 13.2. The van der Waals surface area contributed by atoms with Gasteiger partial charge < -0.3 is 4.90 Å². The van der Waals surface area contributed by atoms with Crippen LogP contribution in [-0.4, -0.2) is 44.4 Å². The van der Waals surface area contributed by atoms with Crippen LogP contribution in [0.5, 0.6) is 0 Å². The second-order valence-corrected chi connectivity index (χ2v) is 6.74. The van der Waals surface area contributed by atoms with E-state index in [9.17, 15) is 9.59 Å². The number of carbonyl (C=O) groups excluding carboxylic acids is 2. The molecular weight excluding hydrogens is 340 g/mol. The lowest BCUT2D eigenvalue weighted by atomic mass is 9.89. The molecule has 2 aromatic carbocycles. The third-order valence-electron chi connectivity index (χ3n) is 4.97. The van der Waals surface area contributed by atoms with Gasteiger partial charge in [0.15, 0.2) is 5.78 Å². The Balaban J connectivity index is 1.46. The smallest absolute Gasteiger partial charge is 0.253 e. The van der Waals surface area contributed by atoms with Crippen LogP contribution < -0.4 is 0 Å². The highest BCUT2D eigenvalue weighted by Gasteiger charge is 2.29. The molecular formula is C21H20N4O2. The van der Waals surface area contributed by atoms with Gasteiger partial charge in [0.1, 0.15) is 12.7 Å². The summed E-state index contributed by atoms with van der Waals surface area (Å²) in [5.74, 6) is -0.0479. The van der Waals surface area contributed by atoms with E-state index in [1.165, 1.54) is 0 Å². The summed E-state index contributed by atoms with van der Waals surface area (Å²) >= 11 is 0. The fraction of sp³-hybridized carbons (Fsp3) is 0.238. The average molecular weight is 360 g/mol. The van der Waals surface area contributed by atoms with Crippen LogP contribution in [0.1, 0.15) is 33.6 Å². The van der Waals surface area contributed by atoms with Gasteiger partial charge in [-0.1, -0.05) is 30.3 Å². The lowest BCUT2D eigenvalue weighted by Gasteiger charge is -2.32. The first-order valence-corrected chi connectivity index (χ1v) is 9.06. The fourth-order valence-electron chi connectivity index (χ4n) is 3.51. The van der Waals surface area contributed by atoms with Crippen LogP contribution in [0.2, 0.25) is 0 Å². The quantitative estimate of drug-likeness (QED) is 0.671. The molecule has 6 heteroatoms. The highest BCUT2D eigenvalue weighted by Crippen LogP contribution is 2.22. The third kappa shape index (κ3) is 3.65. The van der Waals surface area contributed by atoms with Crippen molar-refractivity contribution in [3.8, 4) is 5.69 Å². The van der Waals surface area contributed by atoms with Crippen molar-refractivity contribution in [2.75, 3.05) is 13.1 Å². The molecule has 0 aliphatic carbocycles. The number of aromatic nitrogens is 3. The van der Waals surface area contributed by atoms with Gasteiger partial charge in [-0.2, -0.15) is 0 Å². The summed E-state index contributed by atoms with van der Waals surface area (Å²) in [4.78, 5) is 27.4. The number of amides is 1. The van der Waals surface area contributed by atoms with Gasteiger partial charge in [0.2, 0.25) is 0 Å². The Bertz CT molecular complexity index is 921. The normalized spacial score (nSPS) is 16.9. The molecule has 0 radical (unpaired) electrons. The van der Waals surface area contributed by atoms with Crippen molar-refractivity contribution in [1.29, 1.82) is 0 Å². The number of piperidine rings is 1. The zero-order valence-electron chi connectivity index (χ0n) is 14.9. The van der Waals surface area contributed by atoms with Gasteiger partial charge in [0.05, 0.1) is 0 Å². The predicted molar refractivity (Wildman–Crippen MR) is 101 cm³/mol. The summed E-state index contributed by atoms with van der Waals surface area (Å²) in [7, 11) is 0. The van der Waals surface area contributed by atoms with E-state index in [2.05, 4.69) is 10.2 Å². The zero-order valence-corrected chi connectivity index (χ0v) is 14.9. The standard InChI is InChI=1S/C21H20N4O2/c26-20(16-5-2-1-3-6-16)18-7-4-12-24(13-18)21(27)17-8-10-19(11-9-17)25-14-22-23-15-25/h1-3,5-6,8-11,14-15,18H,4,7,12-13H2/t18-/m0/s1. The molecule has 0 saturated carbocycles. The average Bonchev–Trinajstić information content (AvgIpc) is 3.28. The molecule has 1 aliphatic rings. The van der Waals surface area contributed by atoms with E-state index < -0.39 is 0 Å². The van der Waals surface area contributed by atoms with Crippen molar-refractivity contribution in [3.63, 3.8) is 0 Å². The number of hydrogen-bond donors (Lipinski definition) is 0. The first kappa shape index (κ1) is 17.1. The van der Waals surface area contributed by atoms with Gasteiger partial charge in [-0.15, -0.1) is 10.2 Å². The number of Topliss-reactive ketones (excluding diaryl/α,β-unsaturated/α-hetero) is 1. The summed E-state index contributed by atoms with van der Waals surface area (Å²) in [6.07, 6.45) is 4.89. The summed E-state index contributed by atoms with van der Waals surface area (Å²) in [5, 5.41) is 7.57. The summed E-state index contributed by atoms with van der Waals surface area (Å²) in [6, 6.07) is 16.7. The fourth-order valence-corrected chi connectivity index (χ4v) is 3.51. The molecule has 1 saturated heterocycles. The minimum absolute atomic E-state index is 0.0316. The number of nitrogens with zero attached hydrogens (tertiary/aromatic N) is 4. The zero-order chi connectivity index (χ0) is 18.6. The topological polar surface area (TPSA) is 68.1 Å². The monoisotopic (exact) mass is 360 g/mol. The number of ketones is 1. The van der Waals surface area contributed by atoms with Crippen molar-refractivity contribution in [2.45, 2.75) is 12.8 Å². The molecule has 0 bridgehead atoms. The Kier molecular flexibility index (Phi) is 4.78. The van der Waals surface area contributed by atoms with Crippen molar-refractivity contribution in [1.82, 2.24) is 19.7 Å².